The highest BCUT2D eigenvalue weighted by atomic mass is 32.1. The summed E-state index contributed by atoms with van der Waals surface area (Å²) < 4.78 is 0. The van der Waals surface area contributed by atoms with Crippen LogP contribution in [0.1, 0.15) is 16.4 Å². The third-order valence-corrected chi connectivity index (χ3v) is 3.26. The second-order valence-electron chi connectivity index (χ2n) is 3.92. The summed E-state index contributed by atoms with van der Waals surface area (Å²) in [6, 6.07) is 3.49. The standard InChI is InChI=1S/C12H14N4OS/c1-8-7-18-12(16-8)6-15-11(17)4-10-3-2-9(13)5-14-10/h2-3,5,7H,4,6,13H2,1H3,(H,15,17). The molecule has 5 nitrogen and oxygen atoms in total. The van der Waals surface area contributed by atoms with E-state index in [0.717, 1.165) is 10.7 Å². The second kappa shape index (κ2) is 5.59. The Hall–Kier alpha value is -1.95. The molecule has 0 spiro atoms. The molecule has 0 unspecified atom stereocenters. The van der Waals surface area contributed by atoms with E-state index in [1.807, 2.05) is 12.3 Å². The van der Waals surface area contributed by atoms with Crippen molar-refractivity contribution in [2.75, 3.05) is 5.73 Å². The third-order valence-electron chi connectivity index (χ3n) is 2.29. The first-order chi connectivity index (χ1) is 8.63. The number of hydrogen-bond acceptors (Lipinski definition) is 5. The first-order valence-corrected chi connectivity index (χ1v) is 6.39. The molecule has 3 N–H and O–H groups in total. The SMILES string of the molecule is Cc1csc(CNC(=O)Cc2ccc(N)cn2)n1. The first kappa shape index (κ1) is 12.5. The topological polar surface area (TPSA) is 80.9 Å². The lowest BCUT2D eigenvalue weighted by Gasteiger charge is -2.03. The van der Waals surface area contributed by atoms with E-state index < -0.39 is 0 Å². The van der Waals surface area contributed by atoms with Gasteiger partial charge in [-0.3, -0.25) is 9.78 Å². The number of thiazole rings is 1. The number of carbonyl (C=O) groups is 1. The van der Waals surface area contributed by atoms with Gasteiger partial charge in [-0.25, -0.2) is 4.98 Å². The molecule has 0 fully saturated rings. The van der Waals surface area contributed by atoms with Gasteiger partial charge in [0.05, 0.1) is 24.8 Å². The van der Waals surface area contributed by atoms with Gasteiger partial charge in [-0.2, -0.15) is 0 Å². The molecule has 0 bridgehead atoms. The van der Waals surface area contributed by atoms with E-state index in [1.165, 1.54) is 0 Å². The zero-order valence-electron chi connectivity index (χ0n) is 10.0. The predicted molar refractivity (Wildman–Crippen MR) is 71.1 cm³/mol. The molecule has 0 aliphatic carbocycles. The minimum atomic E-state index is -0.0693. The van der Waals surface area contributed by atoms with E-state index in [2.05, 4.69) is 15.3 Å². The molecular weight excluding hydrogens is 248 g/mol. The minimum absolute atomic E-state index is 0.0693. The number of pyridine rings is 1. The highest BCUT2D eigenvalue weighted by Crippen LogP contribution is 2.08. The molecule has 2 aromatic heterocycles. The second-order valence-corrected chi connectivity index (χ2v) is 4.86. The number of hydrogen-bond donors (Lipinski definition) is 2. The number of rotatable bonds is 4. The van der Waals surface area contributed by atoms with Gasteiger partial charge in [0.1, 0.15) is 5.01 Å². The summed E-state index contributed by atoms with van der Waals surface area (Å²) in [4.78, 5) is 20.0. The lowest BCUT2D eigenvalue weighted by atomic mass is 10.2. The van der Waals surface area contributed by atoms with Crippen molar-refractivity contribution in [3.8, 4) is 0 Å². The van der Waals surface area contributed by atoms with E-state index in [-0.39, 0.29) is 12.3 Å². The Labute approximate surface area is 109 Å². The van der Waals surface area contributed by atoms with Gasteiger partial charge in [0.2, 0.25) is 5.91 Å². The van der Waals surface area contributed by atoms with Crippen LogP contribution in [0.2, 0.25) is 0 Å². The average Bonchev–Trinajstić information content (AvgIpc) is 2.76. The highest BCUT2D eigenvalue weighted by Gasteiger charge is 2.05. The van der Waals surface area contributed by atoms with Crippen LogP contribution in [-0.4, -0.2) is 15.9 Å². The Balaban J connectivity index is 1.83. The molecule has 2 rings (SSSR count). The average molecular weight is 262 g/mol. The number of amides is 1. The fourth-order valence-corrected chi connectivity index (χ4v) is 2.14. The molecule has 0 saturated heterocycles. The number of nitrogen functional groups attached to an aromatic ring is 1. The van der Waals surface area contributed by atoms with Crippen molar-refractivity contribution in [3.05, 3.63) is 40.1 Å². The summed E-state index contributed by atoms with van der Waals surface area (Å²) >= 11 is 1.54. The summed E-state index contributed by atoms with van der Waals surface area (Å²) in [6.07, 6.45) is 1.80. The molecule has 18 heavy (non-hydrogen) atoms. The number of carbonyl (C=O) groups excluding carboxylic acids is 1. The molecule has 0 aromatic carbocycles. The Kier molecular flexibility index (Phi) is 3.88. The lowest BCUT2D eigenvalue weighted by Crippen LogP contribution is -2.24. The monoisotopic (exact) mass is 262 g/mol. The number of anilines is 1. The van der Waals surface area contributed by atoms with Gasteiger partial charge in [0, 0.05) is 16.8 Å². The fraction of sp³-hybridized carbons (Fsp3) is 0.250. The van der Waals surface area contributed by atoms with E-state index in [1.54, 1.807) is 29.7 Å². The predicted octanol–water partition coefficient (Wildman–Crippen LogP) is 1.29. The smallest absolute Gasteiger partial charge is 0.226 e. The molecule has 0 aliphatic heterocycles. The Morgan fingerprint density at radius 1 is 1.50 bits per heavy atom. The molecule has 2 heterocycles. The molecule has 0 saturated carbocycles. The normalized spacial score (nSPS) is 10.3. The van der Waals surface area contributed by atoms with Crippen LogP contribution in [0.4, 0.5) is 5.69 Å². The van der Waals surface area contributed by atoms with Crippen LogP contribution in [0.3, 0.4) is 0 Å². The van der Waals surface area contributed by atoms with Crippen molar-refractivity contribution < 1.29 is 4.79 Å². The third kappa shape index (κ3) is 3.53. The van der Waals surface area contributed by atoms with Crippen molar-refractivity contribution in [2.45, 2.75) is 19.9 Å². The van der Waals surface area contributed by atoms with E-state index in [4.69, 9.17) is 5.73 Å². The summed E-state index contributed by atoms with van der Waals surface area (Å²) in [5, 5.41) is 5.68. The Bertz CT molecular complexity index is 535. The largest absolute Gasteiger partial charge is 0.397 e. The van der Waals surface area contributed by atoms with Crippen LogP contribution < -0.4 is 11.1 Å². The molecule has 0 atom stereocenters. The highest BCUT2D eigenvalue weighted by molar-refractivity contribution is 7.09. The van der Waals surface area contributed by atoms with Gasteiger partial charge < -0.3 is 11.1 Å². The summed E-state index contributed by atoms with van der Waals surface area (Å²) in [5.41, 5.74) is 7.80. The van der Waals surface area contributed by atoms with Crippen molar-refractivity contribution >= 4 is 22.9 Å². The molecule has 1 amide bonds. The maximum absolute atomic E-state index is 11.7. The van der Waals surface area contributed by atoms with Crippen molar-refractivity contribution in [3.63, 3.8) is 0 Å². The number of nitrogens with two attached hydrogens (primary N) is 1. The zero-order chi connectivity index (χ0) is 13.0. The Morgan fingerprint density at radius 2 is 2.33 bits per heavy atom. The summed E-state index contributed by atoms with van der Waals surface area (Å²) in [5.74, 6) is -0.0693. The number of aromatic nitrogens is 2. The van der Waals surface area contributed by atoms with Crippen LogP contribution in [0.25, 0.3) is 0 Å². The van der Waals surface area contributed by atoms with Gasteiger partial charge in [-0.05, 0) is 19.1 Å². The van der Waals surface area contributed by atoms with Crippen LogP contribution in [0.15, 0.2) is 23.7 Å². The number of nitrogens with zero attached hydrogens (tertiary/aromatic N) is 2. The van der Waals surface area contributed by atoms with Gasteiger partial charge >= 0.3 is 0 Å². The molecule has 94 valence electrons. The maximum atomic E-state index is 11.7. The van der Waals surface area contributed by atoms with Crippen molar-refractivity contribution in [1.29, 1.82) is 0 Å². The van der Waals surface area contributed by atoms with Crippen molar-refractivity contribution in [1.82, 2.24) is 15.3 Å². The van der Waals surface area contributed by atoms with E-state index in [9.17, 15) is 4.79 Å². The van der Waals surface area contributed by atoms with Gasteiger partial charge in [-0.1, -0.05) is 0 Å². The van der Waals surface area contributed by atoms with Gasteiger partial charge in [0.15, 0.2) is 0 Å². The molecule has 0 aliphatic rings. The fourth-order valence-electron chi connectivity index (χ4n) is 1.43. The zero-order valence-corrected chi connectivity index (χ0v) is 10.8. The van der Waals surface area contributed by atoms with Crippen LogP contribution in [0.5, 0.6) is 0 Å². The van der Waals surface area contributed by atoms with Crippen molar-refractivity contribution in [2.24, 2.45) is 0 Å². The van der Waals surface area contributed by atoms with Gasteiger partial charge in [-0.15, -0.1) is 11.3 Å². The Morgan fingerprint density at radius 3 is 2.94 bits per heavy atom. The molecular formula is C12H14N4OS. The summed E-state index contributed by atoms with van der Waals surface area (Å²) in [6.45, 7) is 2.40. The minimum Gasteiger partial charge on any atom is -0.397 e. The number of aryl methyl sites for hydroxylation is 1. The first-order valence-electron chi connectivity index (χ1n) is 5.51. The lowest BCUT2D eigenvalue weighted by molar-refractivity contribution is -0.120. The quantitative estimate of drug-likeness (QED) is 0.870. The van der Waals surface area contributed by atoms with E-state index in [0.29, 0.717) is 17.9 Å². The van der Waals surface area contributed by atoms with Gasteiger partial charge in [0.25, 0.3) is 0 Å². The molecule has 2 aromatic rings. The number of nitrogens with one attached hydrogen (secondary N) is 1. The van der Waals surface area contributed by atoms with Crippen LogP contribution in [-0.2, 0) is 17.8 Å². The molecule has 0 radical (unpaired) electrons. The maximum Gasteiger partial charge on any atom is 0.226 e. The van der Waals surface area contributed by atoms with E-state index >= 15 is 0 Å². The van der Waals surface area contributed by atoms with Crippen LogP contribution in [0, 0.1) is 6.92 Å². The summed E-state index contributed by atoms with van der Waals surface area (Å²) in [7, 11) is 0. The molecule has 6 heteroatoms. The van der Waals surface area contributed by atoms with Crippen LogP contribution >= 0.6 is 11.3 Å².